The third-order valence-electron chi connectivity index (χ3n) is 2.92. The van der Waals surface area contributed by atoms with Crippen molar-refractivity contribution in [2.45, 2.75) is 18.9 Å². The molecule has 0 unspecified atom stereocenters. The molecule has 2 amide bonds. The Balaban J connectivity index is 2.01. The Bertz CT molecular complexity index is 411. The number of carbonyl (C=O) groups is 1. The van der Waals surface area contributed by atoms with E-state index >= 15 is 0 Å². The topological polar surface area (TPSA) is 52.6 Å². The van der Waals surface area contributed by atoms with Crippen LogP contribution < -0.4 is 5.32 Å². The maximum Gasteiger partial charge on any atom is 0.322 e. The van der Waals surface area contributed by atoms with Crippen LogP contribution in [0.5, 0.6) is 0 Å². The van der Waals surface area contributed by atoms with Crippen LogP contribution in [0.4, 0.5) is 10.5 Å². The summed E-state index contributed by atoms with van der Waals surface area (Å²) >= 11 is 2.21. The van der Waals surface area contributed by atoms with Crippen LogP contribution in [0.2, 0.25) is 0 Å². The van der Waals surface area contributed by atoms with Crippen LogP contribution >= 0.6 is 22.6 Å². The highest BCUT2D eigenvalue weighted by Gasteiger charge is 2.27. The number of rotatable bonds is 2. The lowest BCUT2D eigenvalue weighted by atomic mass is 10.2. The molecule has 0 spiro atoms. The van der Waals surface area contributed by atoms with Gasteiger partial charge < -0.3 is 15.3 Å². The zero-order valence-corrected chi connectivity index (χ0v) is 11.6. The lowest BCUT2D eigenvalue weighted by Gasteiger charge is -2.23. The van der Waals surface area contributed by atoms with Gasteiger partial charge in [-0.25, -0.2) is 4.79 Å². The highest BCUT2D eigenvalue weighted by atomic mass is 127. The molecule has 1 heterocycles. The van der Waals surface area contributed by atoms with Crippen molar-refractivity contribution >= 4 is 34.3 Å². The fraction of sp³-hybridized carbons (Fsp3) is 0.417. The van der Waals surface area contributed by atoms with E-state index < -0.39 is 0 Å². The molecule has 1 aromatic carbocycles. The molecule has 1 aliphatic heterocycles. The van der Waals surface area contributed by atoms with Crippen molar-refractivity contribution in [2.75, 3.05) is 18.5 Å². The third-order valence-corrected chi connectivity index (χ3v) is 3.60. The Morgan fingerprint density at radius 2 is 2.41 bits per heavy atom. The summed E-state index contributed by atoms with van der Waals surface area (Å²) in [5.74, 6) is 0. The molecule has 0 radical (unpaired) electrons. The van der Waals surface area contributed by atoms with Crippen LogP contribution in [0, 0.1) is 3.57 Å². The first-order valence-corrected chi connectivity index (χ1v) is 6.72. The molecule has 0 bridgehead atoms. The van der Waals surface area contributed by atoms with E-state index in [1.807, 2.05) is 24.3 Å². The quantitative estimate of drug-likeness (QED) is 0.808. The Labute approximate surface area is 114 Å². The van der Waals surface area contributed by atoms with Crippen molar-refractivity contribution in [1.82, 2.24) is 4.90 Å². The van der Waals surface area contributed by atoms with E-state index in [1.165, 1.54) is 0 Å². The Hall–Kier alpha value is -0.820. The van der Waals surface area contributed by atoms with Gasteiger partial charge in [0.1, 0.15) is 0 Å². The van der Waals surface area contributed by atoms with Gasteiger partial charge in [-0.15, -0.1) is 0 Å². The van der Waals surface area contributed by atoms with Gasteiger partial charge in [0.15, 0.2) is 0 Å². The highest BCUT2D eigenvalue weighted by molar-refractivity contribution is 14.1. The number of urea groups is 1. The zero-order valence-electron chi connectivity index (χ0n) is 9.40. The molecule has 1 fully saturated rings. The van der Waals surface area contributed by atoms with Gasteiger partial charge in [0.05, 0.1) is 12.6 Å². The first-order chi connectivity index (χ1) is 8.20. The standard InChI is InChI=1S/C12H15IN2O2/c13-9-3-1-4-10(7-9)14-12(17)15-6-2-5-11(15)8-16/h1,3-4,7,11,16H,2,5-6,8H2,(H,14,17)/t11-/m1/s1. The lowest BCUT2D eigenvalue weighted by molar-refractivity contribution is 0.166. The molecule has 1 aromatic rings. The van der Waals surface area contributed by atoms with Gasteiger partial charge in [-0.05, 0) is 53.6 Å². The molecule has 2 rings (SSSR count). The van der Waals surface area contributed by atoms with Gasteiger partial charge in [0, 0.05) is 15.8 Å². The summed E-state index contributed by atoms with van der Waals surface area (Å²) in [4.78, 5) is 13.7. The fourth-order valence-corrected chi connectivity index (χ4v) is 2.60. The van der Waals surface area contributed by atoms with Crippen LogP contribution in [0.15, 0.2) is 24.3 Å². The van der Waals surface area contributed by atoms with Gasteiger partial charge in [0.25, 0.3) is 0 Å². The number of anilines is 1. The average molecular weight is 346 g/mol. The molecule has 0 saturated carbocycles. The summed E-state index contributed by atoms with van der Waals surface area (Å²) in [6, 6.07) is 7.52. The second kappa shape index (κ2) is 5.68. The zero-order chi connectivity index (χ0) is 12.3. The van der Waals surface area contributed by atoms with Crippen molar-refractivity contribution in [3.8, 4) is 0 Å². The fourth-order valence-electron chi connectivity index (χ4n) is 2.05. The summed E-state index contributed by atoms with van der Waals surface area (Å²) in [5.41, 5.74) is 0.797. The number of hydrogen-bond acceptors (Lipinski definition) is 2. The van der Waals surface area contributed by atoms with E-state index in [0.29, 0.717) is 0 Å². The van der Waals surface area contributed by atoms with Crippen LogP contribution in [0.3, 0.4) is 0 Å². The largest absolute Gasteiger partial charge is 0.394 e. The molecule has 0 aromatic heterocycles. The van der Waals surface area contributed by atoms with Gasteiger partial charge >= 0.3 is 6.03 Å². The van der Waals surface area contributed by atoms with Crippen LogP contribution in [-0.2, 0) is 0 Å². The van der Waals surface area contributed by atoms with Crippen LogP contribution in [0.1, 0.15) is 12.8 Å². The summed E-state index contributed by atoms with van der Waals surface area (Å²) in [6.45, 7) is 0.765. The summed E-state index contributed by atoms with van der Waals surface area (Å²) in [6.07, 6.45) is 1.85. The molecule has 1 saturated heterocycles. The number of benzene rings is 1. The number of carbonyl (C=O) groups excluding carboxylic acids is 1. The molecule has 17 heavy (non-hydrogen) atoms. The normalized spacial score (nSPS) is 19.4. The number of nitrogens with one attached hydrogen (secondary N) is 1. The maximum atomic E-state index is 12.0. The van der Waals surface area contributed by atoms with E-state index in [-0.39, 0.29) is 18.7 Å². The third kappa shape index (κ3) is 3.10. The van der Waals surface area contributed by atoms with Gasteiger partial charge in [0.2, 0.25) is 0 Å². The SMILES string of the molecule is O=C(Nc1cccc(I)c1)N1CCC[C@@H]1CO. The summed E-state index contributed by atoms with van der Waals surface area (Å²) < 4.78 is 1.08. The molecule has 0 aliphatic carbocycles. The Morgan fingerprint density at radius 1 is 1.59 bits per heavy atom. The minimum atomic E-state index is -0.122. The molecule has 4 nitrogen and oxygen atoms in total. The van der Waals surface area contributed by atoms with Crippen LogP contribution in [0.25, 0.3) is 0 Å². The second-order valence-corrected chi connectivity index (χ2v) is 5.36. The Morgan fingerprint density at radius 3 is 3.12 bits per heavy atom. The van der Waals surface area contributed by atoms with Gasteiger partial charge in [-0.1, -0.05) is 6.07 Å². The van der Waals surface area contributed by atoms with E-state index in [0.717, 1.165) is 28.6 Å². The molecule has 1 atom stereocenters. The molecule has 5 heteroatoms. The predicted octanol–water partition coefficient (Wildman–Crippen LogP) is 2.28. The van der Waals surface area contributed by atoms with Crippen molar-refractivity contribution < 1.29 is 9.90 Å². The molecule has 92 valence electrons. The van der Waals surface area contributed by atoms with Crippen molar-refractivity contribution in [1.29, 1.82) is 0 Å². The predicted molar refractivity (Wildman–Crippen MR) is 75.0 cm³/mol. The monoisotopic (exact) mass is 346 g/mol. The smallest absolute Gasteiger partial charge is 0.322 e. The van der Waals surface area contributed by atoms with Gasteiger partial charge in [-0.2, -0.15) is 0 Å². The number of nitrogens with zero attached hydrogens (tertiary/aromatic N) is 1. The first kappa shape index (κ1) is 12.6. The number of aliphatic hydroxyl groups excluding tert-OH is 1. The van der Waals surface area contributed by atoms with Crippen LogP contribution in [-0.4, -0.2) is 35.2 Å². The second-order valence-electron chi connectivity index (χ2n) is 4.11. The number of halogens is 1. The van der Waals surface area contributed by atoms with E-state index in [4.69, 9.17) is 0 Å². The first-order valence-electron chi connectivity index (χ1n) is 5.65. The molecular weight excluding hydrogens is 331 g/mol. The lowest BCUT2D eigenvalue weighted by Crippen LogP contribution is -2.40. The van der Waals surface area contributed by atoms with Crippen molar-refractivity contribution in [2.24, 2.45) is 0 Å². The summed E-state index contributed by atoms with van der Waals surface area (Å²) in [5, 5.41) is 12.0. The van der Waals surface area contributed by atoms with E-state index in [1.54, 1.807) is 4.90 Å². The average Bonchev–Trinajstić information content (AvgIpc) is 2.77. The number of aliphatic hydroxyl groups is 1. The van der Waals surface area contributed by atoms with Crippen molar-refractivity contribution in [3.63, 3.8) is 0 Å². The maximum absolute atomic E-state index is 12.0. The molecule has 2 N–H and O–H groups in total. The van der Waals surface area contributed by atoms with Gasteiger partial charge in [-0.3, -0.25) is 0 Å². The van der Waals surface area contributed by atoms with E-state index in [2.05, 4.69) is 27.9 Å². The van der Waals surface area contributed by atoms with E-state index in [9.17, 15) is 9.90 Å². The Kier molecular flexibility index (Phi) is 4.22. The molecule has 1 aliphatic rings. The minimum absolute atomic E-state index is 0.0298. The minimum Gasteiger partial charge on any atom is -0.394 e. The highest BCUT2D eigenvalue weighted by Crippen LogP contribution is 2.19. The van der Waals surface area contributed by atoms with Crippen molar-refractivity contribution in [3.05, 3.63) is 27.8 Å². The number of likely N-dealkylation sites (tertiary alicyclic amines) is 1. The number of hydrogen-bond donors (Lipinski definition) is 2. The summed E-state index contributed by atoms with van der Waals surface area (Å²) in [7, 11) is 0. The number of amides is 2. The molecular formula is C12H15IN2O2.